The van der Waals surface area contributed by atoms with Crippen LogP contribution in [-0.2, 0) is 16.0 Å². The molecule has 2 amide bonds. The zero-order chi connectivity index (χ0) is 13.0. The SMILES string of the molecule is O=C1CN(C(=O)CCc2ccccc2O)CCN1. The molecular weight excluding hydrogens is 232 g/mol. The van der Waals surface area contributed by atoms with Crippen molar-refractivity contribution in [1.29, 1.82) is 0 Å². The lowest BCUT2D eigenvalue weighted by atomic mass is 10.1. The van der Waals surface area contributed by atoms with E-state index in [2.05, 4.69) is 5.32 Å². The molecule has 5 nitrogen and oxygen atoms in total. The molecular formula is C13H16N2O3. The van der Waals surface area contributed by atoms with Gasteiger partial charge in [-0.1, -0.05) is 18.2 Å². The van der Waals surface area contributed by atoms with E-state index in [9.17, 15) is 14.7 Å². The molecule has 1 heterocycles. The summed E-state index contributed by atoms with van der Waals surface area (Å²) < 4.78 is 0. The Morgan fingerprint density at radius 2 is 2.17 bits per heavy atom. The number of amides is 2. The number of nitrogens with zero attached hydrogens (tertiary/aromatic N) is 1. The zero-order valence-corrected chi connectivity index (χ0v) is 10.1. The van der Waals surface area contributed by atoms with E-state index < -0.39 is 0 Å². The number of hydrogen-bond acceptors (Lipinski definition) is 3. The van der Waals surface area contributed by atoms with Crippen LogP contribution in [0.2, 0.25) is 0 Å². The Morgan fingerprint density at radius 1 is 1.39 bits per heavy atom. The van der Waals surface area contributed by atoms with Crippen LogP contribution in [0.5, 0.6) is 5.75 Å². The van der Waals surface area contributed by atoms with Crippen molar-refractivity contribution in [3.63, 3.8) is 0 Å². The summed E-state index contributed by atoms with van der Waals surface area (Å²) >= 11 is 0. The van der Waals surface area contributed by atoms with Gasteiger partial charge in [-0.3, -0.25) is 9.59 Å². The topological polar surface area (TPSA) is 69.6 Å². The molecule has 0 aliphatic carbocycles. The predicted molar refractivity (Wildman–Crippen MR) is 66.0 cm³/mol. The smallest absolute Gasteiger partial charge is 0.239 e. The van der Waals surface area contributed by atoms with Gasteiger partial charge in [0.25, 0.3) is 0 Å². The molecule has 1 aliphatic heterocycles. The summed E-state index contributed by atoms with van der Waals surface area (Å²) in [6, 6.07) is 6.98. The van der Waals surface area contributed by atoms with Crippen molar-refractivity contribution < 1.29 is 14.7 Å². The zero-order valence-electron chi connectivity index (χ0n) is 10.1. The lowest BCUT2D eigenvalue weighted by molar-refractivity contribution is -0.138. The quantitative estimate of drug-likeness (QED) is 0.807. The van der Waals surface area contributed by atoms with Crippen LogP contribution in [0.1, 0.15) is 12.0 Å². The number of carbonyl (C=O) groups is 2. The van der Waals surface area contributed by atoms with Crippen LogP contribution in [0.3, 0.4) is 0 Å². The maximum atomic E-state index is 11.9. The van der Waals surface area contributed by atoms with Gasteiger partial charge >= 0.3 is 0 Å². The van der Waals surface area contributed by atoms with E-state index in [1.807, 2.05) is 6.07 Å². The highest BCUT2D eigenvalue weighted by Gasteiger charge is 2.20. The Balaban J connectivity index is 1.88. The molecule has 0 radical (unpaired) electrons. The fourth-order valence-electron chi connectivity index (χ4n) is 1.97. The van der Waals surface area contributed by atoms with Crippen LogP contribution in [0.4, 0.5) is 0 Å². The number of rotatable bonds is 3. The van der Waals surface area contributed by atoms with Crippen molar-refractivity contribution >= 4 is 11.8 Å². The van der Waals surface area contributed by atoms with Gasteiger partial charge in [0, 0.05) is 19.5 Å². The lowest BCUT2D eigenvalue weighted by Gasteiger charge is -2.26. The first-order chi connectivity index (χ1) is 8.66. The Kier molecular flexibility index (Phi) is 3.82. The number of benzene rings is 1. The third kappa shape index (κ3) is 3.00. The van der Waals surface area contributed by atoms with Gasteiger partial charge < -0.3 is 15.3 Å². The van der Waals surface area contributed by atoms with Crippen LogP contribution in [-0.4, -0.2) is 41.5 Å². The molecule has 0 aromatic heterocycles. The number of aromatic hydroxyl groups is 1. The fraction of sp³-hybridized carbons (Fsp3) is 0.385. The number of nitrogens with one attached hydrogen (secondary N) is 1. The molecule has 0 spiro atoms. The minimum Gasteiger partial charge on any atom is -0.508 e. The van der Waals surface area contributed by atoms with E-state index in [1.165, 1.54) is 0 Å². The number of aryl methyl sites for hydroxylation is 1. The van der Waals surface area contributed by atoms with Crippen LogP contribution in [0.15, 0.2) is 24.3 Å². The molecule has 96 valence electrons. The minimum atomic E-state index is -0.114. The monoisotopic (exact) mass is 248 g/mol. The van der Waals surface area contributed by atoms with Gasteiger partial charge in [0.1, 0.15) is 5.75 Å². The maximum Gasteiger partial charge on any atom is 0.239 e. The Hall–Kier alpha value is -2.04. The van der Waals surface area contributed by atoms with Gasteiger partial charge in [-0.25, -0.2) is 0 Å². The molecule has 1 aromatic rings. The number of phenolic OH excluding ortho intramolecular Hbond substituents is 1. The summed E-state index contributed by atoms with van der Waals surface area (Å²) in [4.78, 5) is 24.6. The predicted octanol–water partition coefficient (Wildman–Crippen LogP) is 0.283. The second-order valence-corrected chi connectivity index (χ2v) is 4.29. The van der Waals surface area contributed by atoms with Gasteiger partial charge in [-0.15, -0.1) is 0 Å². The van der Waals surface area contributed by atoms with Crippen molar-refractivity contribution in [2.75, 3.05) is 19.6 Å². The van der Waals surface area contributed by atoms with E-state index in [-0.39, 0.29) is 24.1 Å². The highest BCUT2D eigenvalue weighted by atomic mass is 16.3. The van der Waals surface area contributed by atoms with Gasteiger partial charge in [0.2, 0.25) is 11.8 Å². The molecule has 1 aliphatic rings. The molecule has 0 saturated carbocycles. The summed E-state index contributed by atoms with van der Waals surface area (Å²) in [5.41, 5.74) is 0.757. The number of hydrogen-bond donors (Lipinski definition) is 2. The van der Waals surface area contributed by atoms with Crippen molar-refractivity contribution in [3.8, 4) is 5.75 Å². The van der Waals surface area contributed by atoms with Crippen molar-refractivity contribution in [2.45, 2.75) is 12.8 Å². The first-order valence-corrected chi connectivity index (χ1v) is 5.98. The Bertz CT molecular complexity index is 459. The molecule has 5 heteroatoms. The second-order valence-electron chi connectivity index (χ2n) is 4.29. The van der Waals surface area contributed by atoms with E-state index >= 15 is 0 Å². The third-order valence-corrected chi connectivity index (χ3v) is 2.99. The van der Waals surface area contributed by atoms with E-state index in [1.54, 1.807) is 23.1 Å². The summed E-state index contributed by atoms with van der Waals surface area (Å²) in [7, 11) is 0. The van der Waals surface area contributed by atoms with Crippen molar-refractivity contribution in [2.24, 2.45) is 0 Å². The molecule has 1 fully saturated rings. The van der Waals surface area contributed by atoms with Crippen LogP contribution in [0, 0.1) is 0 Å². The largest absolute Gasteiger partial charge is 0.508 e. The number of carbonyl (C=O) groups excluding carboxylic acids is 2. The minimum absolute atomic E-state index is 0.0481. The number of phenols is 1. The van der Waals surface area contributed by atoms with Crippen molar-refractivity contribution in [1.82, 2.24) is 10.2 Å². The maximum absolute atomic E-state index is 11.9. The van der Waals surface area contributed by atoms with E-state index in [0.717, 1.165) is 5.56 Å². The van der Waals surface area contributed by atoms with Crippen LogP contribution in [0.25, 0.3) is 0 Å². The highest BCUT2D eigenvalue weighted by Crippen LogP contribution is 2.17. The first-order valence-electron chi connectivity index (χ1n) is 5.98. The molecule has 0 bridgehead atoms. The van der Waals surface area contributed by atoms with E-state index in [4.69, 9.17) is 0 Å². The summed E-state index contributed by atoms with van der Waals surface area (Å²) in [5, 5.41) is 12.3. The summed E-state index contributed by atoms with van der Waals surface area (Å²) in [5.74, 6) is 0.0481. The average Bonchev–Trinajstić information content (AvgIpc) is 2.37. The third-order valence-electron chi connectivity index (χ3n) is 2.99. The van der Waals surface area contributed by atoms with Crippen LogP contribution >= 0.6 is 0 Å². The van der Waals surface area contributed by atoms with Gasteiger partial charge in [-0.05, 0) is 18.1 Å². The van der Waals surface area contributed by atoms with E-state index in [0.29, 0.717) is 25.9 Å². The Morgan fingerprint density at radius 3 is 2.89 bits per heavy atom. The molecule has 2 rings (SSSR count). The van der Waals surface area contributed by atoms with Crippen molar-refractivity contribution in [3.05, 3.63) is 29.8 Å². The van der Waals surface area contributed by atoms with Gasteiger partial charge in [0.15, 0.2) is 0 Å². The van der Waals surface area contributed by atoms with Gasteiger partial charge in [-0.2, -0.15) is 0 Å². The lowest BCUT2D eigenvalue weighted by Crippen LogP contribution is -2.50. The Labute approximate surface area is 105 Å². The summed E-state index contributed by atoms with van der Waals surface area (Å²) in [6.07, 6.45) is 0.800. The molecule has 18 heavy (non-hydrogen) atoms. The average molecular weight is 248 g/mol. The first kappa shape index (κ1) is 12.4. The van der Waals surface area contributed by atoms with Gasteiger partial charge in [0.05, 0.1) is 6.54 Å². The highest BCUT2D eigenvalue weighted by molar-refractivity contribution is 5.86. The normalized spacial score (nSPS) is 15.3. The molecule has 0 atom stereocenters. The summed E-state index contributed by atoms with van der Waals surface area (Å²) in [6.45, 7) is 1.21. The molecule has 2 N–H and O–H groups in total. The number of piperazine rings is 1. The second kappa shape index (κ2) is 5.53. The fourth-order valence-corrected chi connectivity index (χ4v) is 1.97. The molecule has 0 unspecified atom stereocenters. The van der Waals surface area contributed by atoms with Crippen LogP contribution < -0.4 is 5.32 Å². The molecule has 1 saturated heterocycles. The number of para-hydroxylation sites is 1. The standard InChI is InChI=1S/C13H16N2O3/c16-11-4-2-1-3-10(11)5-6-13(18)15-8-7-14-12(17)9-15/h1-4,16H,5-9H2,(H,14,17). The molecule has 1 aromatic carbocycles.